The number of hydrogen-bond acceptors (Lipinski definition) is 2. The van der Waals surface area contributed by atoms with Crippen LogP contribution in [0.1, 0.15) is 22.3 Å². The van der Waals surface area contributed by atoms with E-state index in [0.29, 0.717) is 0 Å². The van der Waals surface area contributed by atoms with Crippen LogP contribution in [0.2, 0.25) is 0 Å². The normalized spacial score (nSPS) is 23.2. The Balaban J connectivity index is 2.21. The molecule has 3 nitrogen and oxygen atoms in total. The van der Waals surface area contributed by atoms with Gasteiger partial charge in [-0.05, 0) is 24.6 Å². The summed E-state index contributed by atoms with van der Waals surface area (Å²) in [6, 6.07) is 4.07. The smallest absolute Gasteiger partial charge is 0.268 e. The number of benzene rings is 1. The summed E-state index contributed by atoms with van der Waals surface area (Å²) in [5, 5.41) is 9.64. The summed E-state index contributed by atoms with van der Waals surface area (Å²) in [7, 11) is 0. The molecule has 1 fully saturated rings. The van der Waals surface area contributed by atoms with Gasteiger partial charge in [-0.2, -0.15) is 0 Å². The standard InChI is InChI=1S/C13H14F3NO2/c1-8-9(3-2-4-10(8)14)11(18)17-6-5-13(19,7-17)12(15)16/h2-4,12,19H,5-7H2,1H3. The first-order valence-corrected chi connectivity index (χ1v) is 5.90. The molecule has 1 amide bonds. The third kappa shape index (κ3) is 2.45. The van der Waals surface area contributed by atoms with E-state index in [1.165, 1.54) is 25.1 Å². The Labute approximate surface area is 108 Å². The molecule has 1 aromatic carbocycles. The maximum atomic E-state index is 13.4. The van der Waals surface area contributed by atoms with Crippen molar-refractivity contribution >= 4 is 5.91 Å². The number of hydrogen-bond donors (Lipinski definition) is 1. The van der Waals surface area contributed by atoms with Crippen molar-refractivity contribution < 1.29 is 23.1 Å². The van der Waals surface area contributed by atoms with Gasteiger partial charge in [-0.15, -0.1) is 0 Å². The molecule has 2 rings (SSSR count). The van der Waals surface area contributed by atoms with Crippen LogP contribution in [0.25, 0.3) is 0 Å². The fourth-order valence-electron chi connectivity index (χ4n) is 2.18. The number of rotatable bonds is 2. The number of nitrogens with zero attached hydrogens (tertiary/aromatic N) is 1. The largest absolute Gasteiger partial charge is 0.382 e. The third-order valence-corrected chi connectivity index (χ3v) is 3.47. The van der Waals surface area contributed by atoms with Crippen LogP contribution in [0.4, 0.5) is 13.2 Å². The topological polar surface area (TPSA) is 40.5 Å². The Bertz CT molecular complexity index is 507. The van der Waals surface area contributed by atoms with Gasteiger partial charge in [0.1, 0.15) is 11.4 Å². The highest BCUT2D eigenvalue weighted by atomic mass is 19.3. The van der Waals surface area contributed by atoms with E-state index in [-0.39, 0.29) is 24.1 Å². The van der Waals surface area contributed by atoms with Gasteiger partial charge in [-0.3, -0.25) is 4.79 Å². The maximum Gasteiger partial charge on any atom is 0.268 e. The number of amides is 1. The van der Waals surface area contributed by atoms with Crippen molar-refractivity contribution in [3.05, 3.63) is 35.1 Å². The molecule has 6 heteroatoms. The van der Waals surface area contributed by atoms with Gasteiger partial charge in [-0.1, -0.05) is 6.07 Å². The van der Waals surface area contributed by atoms with Crippen LogP contribution in [0.5, 0.6) is 0 Å². The van der Waals surface area contributed by atoms with Gasteiger partial charge in [-0.25, -0.2) is 13.2 Å². The summed E-state index contributed by atoms with van der Waals surface area (Å²) in [6.07, 6.45) is -3.08. The van der Waals surface area contributed by atoms with Crippen molar-refractivity contribution in [1.29, 1.82) is 0 Å². The minimum atomic E-state index is -2.90. The average molecular weight is 273 g/mol. The van der Waals surface area contributed by atoms with E-state index in [4.69, 9.17) is 0 Å². The van der Waals surface area contributed by atoms with Crippen LogP contribution in [-0.4, -0.2) is 41.0 Å². The molecule has 104 valence electrons. The molecule has 1 heterocycles. The van der Waals surface area contributed by atoms with Gasteiger partial charge in [0.25, 0.3) is 12.3 Å². The minimum absolute atomic E-state index is 0.0373. The highest BCUT2D eigenvalue weighted by Gasteiger charge is 2.45. The zero-order valence-corrected chi connectivity index (χ0v) is 10.4. The SMILES string of the molecule is Cc1c(F)cccc1C(=O)N1CCC(O)(C(F)F)C1. The lowest BCUT2D eigenvalue weighted by Crippen LogP contribution is -2.41. The minimum Gasteiger partial charge on any atom is -0.382 e. The molecule has 0 bridgehead atoms. The lowest BCUT2D eigenvalue weighted by atomic mass is 10.0. The molecule has 19 heavy (non-hydrogen) atoms. The predicted molar refractivity (Wildman–Crippen MR) is 62.6 cm³/mol. The van der Waals surface area contributed by atoms with E-state index in [1.54, 1.807) is 0 Å². The van der Waals surface area contributed by atoms with Crippen LogP contribution in [0.15, 0.2) is 18.2 Å². The second-order valence-electron chi connectivity index (χ2n) is 4.79. The van der Waals surface area contributed by atoms with Crippen molar-refractivity contribution in [1.82, 2.24) is 4.90 Å². The molecular weight excluding hydrogens is 259 g/mol. The number of carbonyl (C=O) groups excluding carboxylic acids is 1. The molecule has 1 aromatic rings. The van der Waals surface area contributed by atoms with E-state index in [2.05, 4.69) is 0 Å². The molecule has 0 aliphatic carbocycles. The summed E-state index contributed by atoms with van der Waals surface area (Å²) in [4.78, 5) is 13.3. The monoisotopic (exact) mass is 273 g/mol. The van der Waals surface area contributed by atoms with E-state index < -0.39 is 30.3 Å². The Morgan fingerprint density at radius 1 is 1.47 bits per heavy atom. The second-order valence-corrected chi connectivity index (χ2v) is 4.79. The van der Waals surface area contributed by atoms with Crippen molar-refractivity contribution in [2.24, 2.45) is 0 Å². The number of halogens is 3. The van der Waals surface area contributed by atoms with Crippen LogP contribution in [-0.2, 0) is 0 Å². The molecule has 1 saturated heterocycles. The molecule has 1 aliphatic heterocycles. The Morgan fingerprint density at radius 2 is 2.16 bits per heavy atom. The summed E-state index contributed by atoms with van der Waals surface area (Å²) in [5.74, 6) is -1.05. The van der Waals surface area contributed by atoms with Crippen LogP contribution >= 0.6 is 0 Å². The van der Waals surface area contributed by atoms with Gasteiger partial charge >= 0.3 is 0 Å². The molecule has 0 saturated carbocycles. The van der Waals surface area contributed by atoms with E-state index in [1.807, 2.05) is 0 Å². The van der Waals surface area contributed by atoms with E-state index in [9.17, 15) is 23.1 Å². The molecule has 0 radical (unpaired) electrons. The molecule has 1 atom stereocenters. The van der Waals surface area contributed by atoms with E-state index >= 15 is 0 Å². The number of likely N-dealkylation sites (tertiary alicyclic amines) is 1. The zero-order chi connectivity index (χ0) is 14.2. The summed E-state index contributed by atoms with van der Waals surface area (Å²) in [5.41, 5.74) is -1.84. The predicted octanol–water partition coefficient (Wildman–Crippen LogP) is 1.98. The molecule has 0 spiro atoms. The van der Waals surface area contributed by atoms with Gasteiger partial charge < -0.3 is 10.0 Å². The fraction of sp³-hybridized carbons (Fsp3) is 0.462. The lowest BCUT2D eigenvalue weighted by molar-refractivity contribution is -0.0855. The number of carbonyl (C=O) groups is 1. The first-order valence-electron chi connectivity index (χ1n) is 5.90. The van der Waals surface area contributed by atoms with Crippen LogP contribution < -0.4 is 0 Å². The van der Waals surface area contributed by atoms with Gasteiger partial charge in [0.2, 0.25) is 0 Å². The van der Waals surface area contributed by atoms with Crippen molar-refractivity contribution in [3.8, 4) is 0 Å². The number of β-amino-alcohol motifs (C(OH)–C–C–N with tert-alkyl or cyclic N) is 1. The van der Waals surface area contributed by atoms with Crippen molar-refractivity contribution in [2.45, 2.75) is 25.4 Å². The summed E-state index contributed by atoms with van der Waals surface area (Å²) < 4.78 is 38.7. The van der Waals surface area contributed by atoms with Crippen LogP contribution in [0.3, 0.4) is 0 Å². The highest BCUT2D eigenvalue weighted by molar-refractivity contribution is 5.95. The second kappa shape index (κ2) is 4.85. The molecule has 1 aliphatic rings. The van der Waals surface area contributed by atoms with Crippen LogP contribution in [0, 0.1) is 12.7 Å². The summed E-state index contributed by atoms with van der Waals surface area (Å²) >= 11 is 0. The lowest BCUT2D eigenvalue weighted by Gasteiger charge is -2.22. The molecule has 0 aromatic heterocycles. The highest BCUT2D eigenvalue weighted by Crippen LogP contribution is 2.29. The van der Waals surface area contributed by atoms with Gasteiger partial charge in [0.05, 0.1) is 6.54 Å². The summed E-state index contributed by atoms with van der Waals surface area (Å²) in [6.45, 7) is 1.06. The Morgan fingerprint density at radius 3 is 2.74 bits per heavy atom. The van der Waals surface area contributed by atoms with Crippen molar-refractivity contribution in [3.63, 3.8) is 0 Å². The molecule has 1 unspecified atom stereocenters. The Kier molecular flexibility index (Phi) is 3.54. The molecular formula is C13H14F3NO2. The zero-order valence-electron chi connectivity index (χ0n) is 10.4. The maximum absolute atomic E-state index is 13.4. The van der Waals surface area contributed by atoms with E-state index in [0.717, 1.165) is 4.90 Å². The number of aliphatic hydroxyl groups is 1. The third-order valence-electron chi connectivity index (χ3n) is 3.47. The van der Waals surface area contributed by atoms with Gasteiger partial charge in [0.15, 0.2) is 0 Å². The fourth-order valence-corrected chi connectivity index (χ4v) is 2.18. The molecule has 1 N–H and O–H groups in total. The number of alkyl halides is 2. The Hall–Kier alpha value is -1.56. The first-order chi connectivity index (χ1) is 8.85. The quantitative estimate of drug-likeness (QED) is 0.895. The first kappa shape index (κ1) is 13.9. The average Bonchev–Trinajstić information content (AvgIpc) is 2.76. The van der Waals surface area contributed by atoms with Gasteiger partial charge in [0, 0.05) is 18.5 Å². The van der Waals surface area contributed by atoms with Crippen molar-refractivity contribution in [2.75, 3.05) is 13.1 Å².